The number of nitrogens with one attached hydrogen (secondary N) is 1. The van der Waals surface area contributed by atoms with Gasteiger partial charge in [0.1, 0.15) is 5.82 Å². The summed E-state index contributed by atoms with van der Waals surface area (Å²) < 4.78 is 5.46. The molecule has 1 amide bonds. The Morgan fingerprint density at radius 3 is 2.67 bits per heavy atom. The maximum atomic E-state index is 12.8. The summed E-state index contributed by atoms with van der Waals surface area (Å²) in [4.78, 5) is 25.1. The van der Waals surface area contributed by atoms with Gasteiger partial charge in [0, 0.05) is 42.8 Å². The monoisotopic (exact) mass is 422 g/mol. The molecular weight excluding hydrogens is 396 g/mol. The van der Waals surface area contributed by atoms with E-state index in [2.05, 4.69) is 38.4 Å². The number of thiazole rings is 1. The fourth-order valence-corrected chi connectivity index (χ4v) is 5.22. The molecule has 2 aliphatic rings. The molecular formula is C23H26N4O2S. The maximum absolute atomic E-state index is 12.8. The molecule has 0 bridgehead atoms. The number of aromatic nitrogens is 2. The molecule has 3 aromatic rings. The molecule has 6 nitrogen and oxygen atoms in total. The predicted molar refractivity (Wildman–Crippen MR) is 120 cm³/mol. The number of fused-ring (bicyclic) bond motifs is 1. The summed E-state index contributed by atoms with van der Waals surface area (Å²) in [5.74, 6) is 0.800. The van der Waals surface area contributed by atoms with E-state index in [0.29, 0.717) is 11.9 Å². The molecule has 3 heterocycles. The van der Waals surface area contributed by atoms with Crippen molar-refractivity contribution in [2.75, 3.05) is 31.6 Å². The van der Waals surface area contributed by atoms with Crippen molar-refractivity contribution in [2.45, 2.75) is 31.7 Å². The molecule has 1 aliphatic heterocycles. The second-order valence-corrected chi connectivity index (χ2v) is 9.03. The van der Waals surface area contributed by atoms with Crippen molar-refractivity contribution in [3.05, 3.63) is 42.2 Å². The number of morpholine rings is 1. The maximum Gasteiger partial charge on any atom is 0.228 e. The molecule has 5 rings (SSSR count). The average molecular weight is 423 g/mol. The van der Waals surface area contributed by atoms with Crippen LogP contribution in [0.3, 0.4) is 0 Å². The zero-order valence-electron chi connectivity index (χ0n) is 16.9. The van der Waals surface area contributed by atoms with Crippen molar-refractivity contribution in [3.8, 4) is 10.4 Å². The van der Waals surface area contributed by atoms with Crippen molar-refractivity contribution >= 4 is 33.8 Å². The van der Waals surface area contributed by atoms with Gasteiger partial charge >= 0.3 is 0 Å². The van der Waals surface area contributed by atoms with Crippen LogP contribution in [0.5, 0.6) is 0 Å². The summed E-state index contributed by atoms with van der Waals surface area (Å²) in [5.41, 5.74) is 2.97. The lowest BCUT2D eigenvalue weighted by Gasteiger charge is -2.38. The largest absolute Gasteiger partial charge is 0.379 e. The molecule has 1 saturated heterocycles. The van der Waals surface area contributed by atoms with Crippen LogP contribution < -0.4 is 5.32 Å². The third kappa shape index (κ3) is 4.24. The fourth-order valence-electron chi connectivity index (χ4n) is 4.60. The molecule has 156 valence electrons. The first kappa shape index (κ1) is 19.6. The average Bonchev–Trinajstić information content (AvgIpc) is 3.34. The molecule has 30 heavy (non-hydrogen) atoms. The van der Waals surface area contributed by atoms with E-state index in [1.807, 2.05) is 24.0 Å². The Morgan fingerprint density at radius 1 is 1.07 bits per heavy atom. The van der Waals surface area contributed by atoms with Gasteiger partial charge in [0.05, 0.1) is 23.6 Å². The molecule has 0 spiro atoms. The lowest BCUT2D eigenvalue weighted by Crippen LogP contribution is -2.45. The topological polar surface area (TPSA) is 67.4 Å². The van der Waals surface area contributed by atoms with E-state index in [1.165, 1.54) is 0 Å². The minimum atomic E-state index is 0.0725. The second-order valence-electron chi connectivity index (χ2n) is 8.14. The SMILES string of the molecule is O=C(Nc1cc2cc(-c3cncs3)ccc2cn1)C1CCC(N2CCOCC2)CC1. The Morgan fingerprint density at radius 2 is 1.90 bits per heavy atom. The highest BCUT2D eigenvalue weighted by Gasteiger charge is 2.30. The normalized spacial score (nSPS) is 22.8. The lowest BCUT2D eigenvalue weighted by molar-refractivity contribution is -0.121. The van der Waals surface area contributed by atoms with Gasteiger partial charge in [-0.2, -0.15) is 0 Å². The van der Waals surface area contributed by atoms with E-state index in [0.717, 1.165) is 73.2 Å². The number of amides is 1. The van der Waals surface area contributed by atoms with Crippen molar-refractivity contribution in [1.29, 1.82) is 0 Å². The zero-order valence-corrected chi connectivity index (χ0v) is 17.7. The third-order valence-corrected chi connectivity index (χ3v) is 7.14. The quantitative estimate of drug-likeness (QED) is 0.683. The van der Waals surface area contributed by atoms with Gasteiger partial charge < -0.3 is 10.1 Å². The second kappa shape index (κ2) is 8.79. The molecule has 1 saturated carbocycles. The van der Waals surface area contributed by atoms with E-state index in [-0.39, 0.29) is 11.8 Å². The van der Waals surface area contributed by atoms with Crippen molar-refractivity contribution in [3.63, 3.8) is 0 Å². The minimum Gasteiger partial charge on any atom is -0.379 e. The van der Waals surface area contributed by atoms with Crippen molar-refractivity contribution in [1.82, 2.24) is 14.9 Å². The van der Waals surface area contributed by atoms with E-state index in [9.17, 15) is 4.79 Å². The summed E-state index contributed by atoms with van der Waals surface area (Å²) in [6, 6.07) is 8.85. The van der Waals surface area contributed by atoms with Gasteiger partial charge in [0.15, 0.2) is 0 Å². The molecule has 1 N–H and O–H groups in total. The summed E-state index contributed by atoms with van der Waals surface area (Å²) in [6.07, 6.45) is 7.76. The molecule has 0 radical (unpaired) electrons. The Labute approximate surface area is 180 Å². The van der Waals surface area contributed by atoms with Crippen LogP contribution in [0.4, 0.5) is 5.82 Å². The smallest absolute Gasteiger partial charge is 0.228 e. The van der Waals surface area contributed by atoms with Crippen LogP contribution in [-0.4, -0.2) is 53.1 Å². The van der Waals surface area contributed by atoms with E-state index in [4.69, 9.17) is 4.74 Å². The van der Waals surface area contributed by atoms with Crippen LogP contribution in [0.25, 0.3) is 21.2 Å². The summed E-state index contributed by atoms with van der Waals surface area (Å²) in [5, 5.41) is 5.19. The number of hydrogen-bond acceptors (Lipinski definition) is 6. The molecule has 1 aliphatic carbocycles. The number of rotatable bonds is 4. The van der Waals surface area contributed by atoms with Crippen LogP contribution in [0.2, 0.25) is 0 Å². The number of nitrogens with zero attached hydrogens (tertiary/aromatic N) is 3. The number of carbonyl (C=O) groups is 1. The highest BCUT2D eigenvalue weighted by atomic mass is 32.1. The lowest BCUT2D eigenvalue weighted by atomic mass is 9.84. The number of carbonyl (C=O) groups excluding carboxylic acids is 1. The molecule has 7 heteroatoms. The van der Waals surface area contributed by atoms with Crippen molar-refractivity contribution in [2.24, 2.45) is 5.92 Å². The van der Waals surface area contributed by atoms with E-state index in [1.54, 1.807) is 11.3 Å². The number of ether oxygens (including phenoxy) is 1. The molecule has 0 atom stereocenters. The Balaban J connectivity index is 1.23. The van der Waals surface area contributed by atoms with Gasteiger partial charge in [-0.1, -0.05) is 12.1 Å². The predicted octanol–water partition coefficient (Wildman–Crippen LogP) is 4.19. The zero-order chi connectivity index (χ0) is 20.3. The van der Waals surface area contributed by atoms with Gasteiger partial charge in [-0.25, -0.2) is 4.98 Å². The first-order chi connectivity index (χ1) is 14.8. The summed E-state index contributed by atoms with van der Waals surface area (Å²) >= 11 is 1.62. The van der Waals surface area contributed by atoms with Crippen LogP contribution >= 0.6 is 11.3 Å². The highest BCUT2D eigenvalue weighted by molar-refractivity contribution is 7.13. The minimum absolute atomic E-state index is 0.0725. The van der Waals surface area contributed by atoms with E-state index >= 15 is 0 Å². The van der Waals surface area contributed by atoms with Crippen LogP contribution in [-0.2, 0) is 9.53 Å². The standard InChI is InChI=1S/C23H26N4O2S/c28-23(16-3-5-20(6-4-16)27-7-9-29-10-8-27)26-22-12-19-11-17(21-14-24-15-30-21)1-2-18(19)13-25-22/h1-2,11-16,20H,3-10H2,(H,25,26,28). The summed E-state index contributed by atoms with van der Waals surface area (Å²) in [7, 11) is 0. The Bertz CT molecular complexity index is 1010. The van der Waals surface area contributed by atoms with Gasteiger partial charge in [-0.15, -0.1) is 11.3 Å². The fraction of sp³-hybridized carbons (Fsp3) is 0.435. The number of hydrogen-bond donors (Lipinski definition) is 1. The molecule has 2 aromatic heterocycles. The van der Waals surface area contributed by atoms with Crippen LogP contribution in [0.1, 0.15) is 25.7 Å². The third-order valence-electron chi connectivity index (χ3n) is 6.32. The number of pyridine rings is 1. The van der Waals surface area contributed by atoms with Gasteiger partial charge in [-0.05, 0) is 48.8 Å². The Hall–Kier alpha value is -2.35. The molecule has 2 fully saturated rings. The van der Waals surface area contributed by atoms with Crippen LogP contribution in [0.15, 0.2) is 42.2 Å². The van der Waals surface area contributed by atoms with Gasteiger partial charge in [0.25, 0.3) is 0 Å². The molecule has 0 unspecified atom stereocenters. The molecule has 1 aromatic carbocycles. The first-order valence-electron chi connectivity index (χ1n) is 10.7. The van der Waals surface area contributed by atoms with E-state index < -0.39 is 0 Å². The number of anilines is 1. The number of benzene rings is 1. The first-order valence-corrected chi connectivity index (χ1v) is 11.6. The van der Waals surface area contributed by atoms with Crippen molar-refractivity contribution < 1.29 is 9.53 Å². The Kier molecular flexibility index (Phi) is 5.75. The summed E-state index contributed by atoms with van der Waals surface area (Å²) in [6.45, 7) is 3.70. The van der Waals surface area contributed by atoms with Crippen LogP contribution in [0, 0.1) is 5.92 Å². The van der Waals surface area contributed by atoms with Gasteiger partial charge in [-0.3, -0.25) is 14.7 Å². The van der Waals surface area contributed by atoms with Gasteiger partial charge in [0.2, 0.25) is 5.91 Å². The highest BCUT2D eigenvalue weighted by Crippen LogP contribution is 2.30.